The number of hydrogen-bond donors (Lipinski definition) is 2. The Labute approximate surface area is 268 Å². The number of carbonyl (C=O) groups is 2. The number of benzene rings is 4. The van der Waals surface area contributed by atoms with Gasteiger partial charge in [0.1, 0.15) is 23.4 Å². The van der Waals surface area contributed by atoms with E-state index in [9.17, 15) is 26.8 Å². The van der Waals surface area contributed by atoms with Crippen molar-refractivity contribution in [1.29, 1.82) is 0 Å². The maximum Gasteiger partial charge on any atom is 0.261 e. The normalized spacial score (nSPS) is 11.9. The largest absolute Gasteiger partial charge is 0.484 e. The summed E-state index contributed by atoms with van der Waals surface area (Å²) in [5, 5.41) is 2.96. The smallest absolute Gasteiger partial charge is 0.261 e. The van der Waals surface area contributed by atoms with Gasteiger partial charge in [-0.1, -0.05) is 56.3 Å². The molecule has 2 N–H and O–H groups in total. The first-order valence-corrected chi connectivity index (χ1v) is 16.4. The molecule has 8 nitrogen and oxygen atoms in total. The van der Waals surface area contributed by atoms with Crippen LogP contribution in [-0.2, 0) is 32.6 Å². The Morgan fingerprint density at radius 2 is 1.41 bits per heavy atom. The molecule has 2 amide bonds. The van der Waals surface area contributed by atoms with Crippen LogP contribution in [0.25, 0.3) is 0 Å². The van der Waals surface area contributed by atoms with Crippen LogP contribution in [0.3, 0.4) is 0 Å². The van der Waals surface area contributed by atoms with Gasteiger partial charge >= 0.3 is 0 Å². The number of nitrogens with one attached hydrogen (secondary N) is 2. The highest BCUT2D eigenvalue weighted by Crippen LogP contribution is 2.21. The third-order valence-corrected chi connectivity index (χ3v) is 8.55. The Hall–Kier alpha value is -4.77. The number of anilines is 1. The van der Waals surface area contributed by atoms with E-state index >= 15 is 0 Å². The molecular formula is C35H37F2N3O5S. The molecule has 242 valence electrons. The molecule has 0 radical (unpaired) electrons. The van der Waals surface area contributed by atoms with Crippen molar-refractivity contribution in [3.05, 3.63) is 126 Å². The molecule has 1 unspecified atom stereocenters. The molecule has 0 aromatic heterocycles. The molecule has 0 heterocycles. The summed E-state index contributed by atoms with van der Waals surface area (Å²) in [6.07, 6.45) is 1.01. The summed E-state index contributed by atoms with van der Waals surface area (Å²) in [5.41, 5.74) is 1.69. The second-order valence-electron chi connectivity index (χ2n) is 11.2. The van der Waals surface area contributed by atoms with E-state index in [1.165, 1.54) is 53.4 Å². The van der Waals surface area contributed by atoms with Crippen molar-refractivity contribution in [2.45, 2.75) is 44.2 Å². The van der Waals surface area contributed by atoms with Crippen molar-refractivity contribution >= 4 is 27.5 Å². The number of nitrogens with zero attached hydrogens (tertiary/aromatic N) is 1. The average molecular weight is 650 g/mol. The second-order valence-corrected chi connectivity index (χ2v) is 12.9. The molecule has 0 aliphatic carbocycles. The van der Waals surface area contributed by atoms with Gasteiger partial charge in [-0.2, -0.15) is 0 Å². The van der Waals surface area contributed by atoms with E-state index in [1.807, 2.05) is 30.3 Å². The highest BCUT2D eigenvalue weighted by Gasteiger charge is 2.30. The van der Waals surface area contributed by atoms with Crippen LogP contribution in [0.1, 0.15) is 31.4 Å². The average Bonchev–Trinajstić information content (AvgIpc) is 3.04. The Morgan fingerprint density at radius 1 is 0.804 bits per heavy atom. The van der Waals surface area contributed by atoms with Crippen LogP contribution in [0.2, 0.25) is 0 Å². The van der Waals surface area contributed by atoms with Gasteiger partial charge in [0, 0.05) is 25.2 Å². The lowest BCUT2D eigenvalue weighted by atomic mass is 10.0. The van der Waals surface area contributed by atoms with Gasteiger partial charge in [0.2, 0.25) is 5.91 Å². The van der Waals surface area contributed by atoms with Crippen LogP contribution in [0.5, 0.6) is 5.75 Å². The predicted octanol–water partition coefficient (Wildman–Crippen LogP) is 5.95. The zero-order chi connectivity index (χ0) is 33.1. The minimum Gasteiger partial charge on any atom is -0.484 e. The molecule has 0 bridgehead atoms. The van der Waals surface area contributed by atoms with E-state index in [-0.39, 0.29) is 35.2 Å². The maximum atomic E-state index is 13.8. The number of rotatable bonds is 15. The first kappa shape index (κ1) is 34.1. The SMILES string of the molecule is CC(C)CCNC(=O)C(Cc1ccccc1)N(Cc1ccc(F)cc1)C(=O)COc1ccc(S(=O)(=O)Nc2ccc(F)cc2)cc1. The van der Waals surface area contributed by atoms with Gasteiger partial charge < -0.3 is 15.0 Å². The first-order chi connectivity index (χ1) is 22.0. The standard InChI is InChI=1S/C35H37F2N3O5S/c1-25(2)20-21-38-35(42)33(22-26-6-4-3-5-7-26)40(23-27-8-10-28(36)11-9-27)34(41)24-45-31-16-18-32(19-17-31)46(43,44)39-30-14-12-29(37)13-15-30/h3-19,25,33,39H,20-24H2,1-2H3,(H,38,42). The molecular weight excluding hydrogens is 612 g/mol. The van der Waals surface area contributed by atoms with E-state index in [1.54, 1.807) is 12.1 Å². The fourth-order valence-electron chi connectivity index (χ4n) is 4.62. The predicted molar refractivity (Wildman–Crippen MR) is 172 cm³/mol. The maximum absolute atomic E-state index is 13.8. The molecule has 0 aliphatic heterocycles. The molecule has 4 rings (SSSR count). The molecule has 0 fully saturated rings. The van der Waals surface area contributed by atoms with Crippen LogP contribution in [0.15, 0.2) is 108 Å². The third kappa shape index (κ3) is 10.1. The Kier molecular flexibility index (Phi) is 11.9. The molecule has 4 aromatic carbocycles. The number of ether oxygens (including phenoxy) is 1. The zero-order valence-corrected chi connectivity index (χ0v) is 26.5. The van der Waals surface area contributed by atoms with Gasteiger partial charge in [0.15, 0.2) is 6.61 Å². The summed E-state index contributed by atoms with van der Waals surface area (Å²) in [4.78, 5) is 28.7. The number of hydrogen-bond acceptors (Lipinski definition) is 5. The first-order valence-electron chi connectivity index (χ1n) is 14.9. The van der Waals surface area contributed by atoms with Crippen LogP contribution in [0, 0.1) is 17.6 Å². The van der Waals surface area contributed by atoms with Gasteiger partial charge in [0.25, 0.3) is 15.9 Å². The third-order valence-electron chi connectivity index (χ3n) is 7.15. The van der Waals surface area contributed by atoms with Gasteiger partial charge in [0.05, 0.1) is 4.90 Å². The van der Waals surface area contributed by atoms with Crippen LogP contribution in [-0.4, -0.2) is 44.3 Å². The van der Waals surface area contributed by atoms with Crippen molar-refractivity contribution in [2.24, 2.45) is 5.92 Å². The highest BCUT2D eigenvalue weighted by atomic mass is 32.2. The van der Waals surface area contributed by atoms with E-state index in [4.69, 9.17) is 4.74 Å². The molecule has 0 saturated heterocycles. The quantitative estimate of drug-likeness (QED) is 0.166. The number of sulfonamides is 1. The van der Waals surface area contributed by atoms with Crippen LogP contribution >= 0.6 is 0 Å². The van der Waals surface area contributed by atoms with Gasteiger partial charge in [-0.15, -0.1) is 0 Å². The van der Waals surface area contributed by atoms with Crippen molar-refractivity contribution in [3.63, 3.8) is 0 Å². The van der Waals surface area contributed by atoms with Crippen molar-refractivity contribution in [3.8, 4) is 5.75 Å². The lowest BCUT2D eigenvalue weighted by Crippen LogP contribution is -2.52. The number of carbonyl (C=O) groups excluding carboxylic acids is 2. The summed E-state index contributed by atoms with van der Waals surface area (Å²) >= 11 is 0. The Morgan fingerprint density at radius 3 is 2.02 bits per heavy atom. The highest BCUT2D eigenvalue weighted by molar-refractivity contribution is 7.92. The van der Waals surface area contributed by atoms with Gasteiger partial charge in [-0.25, -0.2) is 17.2 Å². The summed E-state index contributed by atoms with van der Waals surface area (Å²) in [5.74, 6) is -1.11. The molecule has 0 aliphatic rings. The monoisotopic (exact) mass is 649 g/mol. The van der Waals surface area contributed by atoms with Crippen molar-refractivity contribution in [2.75, 3.05) is 17.9 Å². The minimum absolute atomic E-state index is 0.0316. The fraction of sp³-hybridized carbons (Fsp3) is 0.257. The lowest BCUT2D eigenvalue weighted by Gasteiger charge is -2.31. The van der Waals surface area contributed by atoms with Gasteiger partial charge in [-0.05, 0) is 84.1 Å². The Bertz CT molecular complexity index is 1680. The lowest BCUT2D eigenvalue weighted by molar-refractivity contribution is -0.142. The fourth-order valence-corrected chi connectivity index (χ4v) is 5.68. The topological polar surface area (TPSA) is 105 Å². The number of halogens is 2. The molecule has 0 spiro atoms. The van der Waals surface area contributed by atoms with Crippen LogP contribution < -0.4 is 14.8 Å². The van der Waals surface area contributed by atoms with E-state index in [0.29, 0.717) is 18.0 Å². The van der Waals surface area contributed by atoms with E-state index in [0.717, 1.165) is 24.1 Å². The van der Waals surface area contributed by atoms with Crippen molar-refractivity contribution in [1.82, 2.24) is 10.2 Å². The molecule has 46 heavy (non-hydrogen) atoms. The number of amides is 2. The zero-order valence-electron chi connectivity index (χ0n) is 25.7. The molecule has 1 atom stereocenters. The van der Waals surface area contributed by atoms with Crippen LogP contribution in [0.4, 0.5) is 14.5 Å². The van der Waals surface area contributed by atoms with Gasteiger partial charge in [-0.3, -0.25) is 14.3 Å². The van der Waals surface area contributed by atoms with E-state index in [2.05, 4.69) is 23.9 Å². The molecule has 4 aromatic rings. The summed E-state index contributed by atoms with van der Waals surface area (Å²) in [6, 6.07) is 24.5. The molecule has 11 heteroatoms. The summed E-state index contributed by atoms with van der Waals surface area (Å²) in [6.45, 7) is 4.15. The minimum atomic E-state index is -3.96. The van der Waals surface area contributed by atoms with E-state index < -0.39 is 40.2 Å². The summed E-state index contributed by atoms with van der Waals surface area (Å²) < 4.78 is 60.6. The summed E-state index contributed by atoms with van der Waals surface area (Å²) in [7, 11) is -3.96. The Balaban J connectivity index is 1.52. The molecule has 0 saturated carbocycles. The van der Waals surface area contributed by atoms with Crippen molar-refractivity contribution < 1.29 is 31.5 Å². The second kappa shape index (κ2) is 16.0.